The van der Waals surface area contributed by atoms with Crippen molar-refractivity contribution in [2.24, 2.45) is 0 Å². The molecule has 1 amide bonds. The smallest absolute Gasteiger partial charge is 0.243 e. The van der Waals surface area contributed by atoms with Gasteiger partial charge in [-0.3, -0.25) is 4.79 Å². The molecule has 0 aliphatic heterocycles. The Morgan fingerprint density at radius 2 is 1.71 bits per heavy atom. The Bertz CT molecular complexity index is 582. The molecule has 2 aromatic carbocycles. The number of benzene rings is 2. The molecule has 0 aliphatic carbocycles. The summed E-state index contributed by atoms with van der Waals surface area (Å²) in [6.07, 6.45) is 0. The van der Waals surface area contributed by atoms with Crippen molar-refractivity contribution in [1.29, 1.82) is 0 Å². The van der Waals surface area contributed by atoms with Crippen LogP contribution < -0.4 is 10.6 Å². The third kappa shape index (κ3) is 5.28. The molecule has 0 heterocycles. The SMILES string of the molecule is CN(C)Cc1cccc(NC(=O)CNc2ccccc2)c1. The summed E-state index contributed by atoms with van der Waals surface area (Å²) in [5.74, 6) is -0.0548. The molecular formula is C17H21N3O. The number of nitrogens with one attached hydrogen (secondary N) is 2. The lowest BCUT2D eigenvalue weighted by Gasteiger charge is -2.12. The minimum absolute atomic E-state index is 0.0548. The van der Waals surface area contributed by atoms with Crippen LogP contribution in [0.2, 0.25) is 0 Å². The van der Waals surface area contributed by atoms with Gasteiger partial charge in [0.1, 0.15) is 0 Å². The summed E-state index contributed by atoms with van der Waals surface area (Å²) < 4.78 is 0. The molecule has 0 aliphatic rings. The lowest BCUT2D eigenvalue weighted by molar-refractivity contribution is -0.114. The molecule has 0 atom stereocenters. The van der Waals surface area contributed by atoms with Crippen molar-refractivity contribution in [3.8, 4) is 0 Å². The van der Waals surface area contributed by atoms with E-state index in [2.05, 4.69) is 21.6 Å². The molecule has 2 N–H and O–H groups in total. The van der Waals surface area contributed by atoms with Gasteiger partial charge in [-0.2, -0.15) is 0 Å². The Morgan fingerprint density at radius 3 is 2.43 bits per heavy atom. The Morgan fingerprint density at radius 1 is 1.00 bits per heavy atom. The molecule has 0 saturated carbocycles. The van der Waals surface area contributed by atoms with Crippen molar-refractivity contribution in [3.05, 3.63) is 60.2 Å². The highest BCUT2D eigenvalue weighted by atomic mass is 16.1. The Hall–Kier alpha value is -2.33. The van der Waals surface area contributed by atoms with Crippen LogP contribution in [-0.4, -0.2) is 31.4 Å². The lowest BCUT2D eigenvalue weighted by Crippen LogP contribution is -2.21. The fraction of sp³-hybridized carbons (Fsp3) is 0.235. The van der Waals surface area contributed by atoms with Crippen LogP contribution >= 0.6 is 0 Å². The van der Waals surface area contributed by atoms with Crippen molar-refractivity contribution in [3.63, 3.8) is 0 Å². The molecule has 4 heteroatoms. The molecule has 2 aromatic rings. The van der Waals surface area contributed by atoms with Crippen LogP contribution in [0.4, 0.5) is 11.4 Å². The first-order valence-corrected chi connectivity index (χ1v) is 6.96. The van der Waals surface area contributed by atoms with Gasteiger partial charge in [0.05, 0.1) is 6.54 Å². The van der Waals surface area contributed by atoms with Crippen molar-refractivity contribution in [2.45, 2.75) is 6.54 Å². The molecule has 0 saturated heterocycles. The highest BCUT2D eigenvalue weighted by Crippen LogP contribution is 2.12. The number of rotatable bonds is 6. The number of carbonyl (C=O) groups excluding carboxylic acids is 1. The summed E-state index contributed by atoms with van der Waals surface area (Å²) in [5.41, 5.74) is 2.94. The zero-order valence-corrected chi connectivity index (χ0v) is 12.5. The summed E-state index contributed by atoms with van der Waals surface area (Å²) in [7, 11) is 4.05. The van der Waals surface area contributed by atoms with Gasteiger partial charge in [-0.15, -0.1) is 0 Å². The number of anilines is 2. The third-order valence-electron chi connectivity index (χ3n) is 2.94. The highest BCUT2D eigenvalue weighted by Gasteiger charge is 2.03. The fourth-order valence-corrected chi connectivity index (χ4v) is 2.06. The Kier molecular flexibility index (Phi) is 5.35. The maximum atomic E-state index is 11.9. The summed E-state index contributed by atoms with van der Waals surface area (Å²) in [5, 5.41) is 6.00. The molecule has 0 unspecified atom stereocenters. The second-order valence-electron chi connectivity index (χ2n) is 5.21. The van der Waals surface area contributed by atoms with E-state index in [1.54, 1.807) is 0 Å². The Balaban J connectivity index is 1.87. The number of carbonyl (C=O) groups is 1. The van der Waals surface area contributed by atoms with Crippen molar-refractivity contribution in [1.82, 2.24) is 4.90 Å². The number of hydrogen-bond acceptors (Lipinski definition) is 3. The van der Waals surface area contributed by atoms with Gasteiger partial charge in [0.15, 0.2) is 0 Å². The van der Waals surface area contributed by atoms with E-state index in [0.29, 0.717) is 0 Å². The number of para-hydroxylation sites is 1. The van der Waals surface area contributed by atoms with Gasteiger partial charge < -0.3 is 15.5 Å². The zero-order chi connectivity index (χ0) is 15.1. The van der Waals surface area contributed by atoms with Gasteiger partial charge in [-0.1, -0.05) is 30.3 Å². The molecular weight excluding hydrogens is 262 g/mol. The van der Waals surface area contributed by atoms with Gasteiger partial charge >= 0.3 is 0 Å². The summed E-state index contributed by atoms with van der Waals surface area (Å²) in [6, 6.07) is 17.6. The van der Waals surface area contributed by atoms with Gasteiger partial charge in [0.25, 0.3) is 0 Å². The fourth-order valence-electron chi connectivity index (χ4n) is 2.06. The van der Waals surface area contributed by atoms with E-state index in [1.165, 1.54) is 5.56 Å². The average Bonchev–Trinajstić information content (AvgIpc) is 2.46. The van der Waals surface area contributed by atoms with E-state index >= 15 is 0 Å². The van der Waals surface area contributed by atoms with Crippen LogP contribution in [0.15, 0.2) is 54.6 Å². The van der Waals surface area contributed by atoms with Crippen LogP contribution in [0.3, 0.4) is 0 Å². The molecule has 0 spiro atoms. The van der Waals surface area contributed by atoms with Crippen LogP contribution in [-0.2, 0) is 11.3 Å². The van der Waals surface area contributed by atoms with E-state index < -0.39 is 0 Å². The Labute approximate surface area is 125 Å². The highest BCUT2D eigenvalue weighted by molar-refractivity contribution is 5.93. The molecule has 4 nitrogen and oxygen atoms in total. The topological polar surface area (TPSA) is 44.4 Å². The molecule has 0 radical (unpaired) electrons. The van der Waals surface area contributed by atoms with Crippen LogP contribution in [0.25, 0.3) is 0 Å². The van der Waals surface area contributed by atoms with Crippen molar-refractivity contribution >= 4 is 17.3 Å². The van der Waals surface area contributed by atoms with Gasteiger partial charge in [-0.05, 0) is 43.9 Å². The summed E-state index contributed by atoms with van der Waals surface area (Å²) in [6.45, 7) is 1.11. The van der Waals surface area contributed by atoms with Crippen molar-refractivity contribution < 1.29 is 4.79 Å². The first kappa shape index (κ1) is 15.1. The molecule has 110 valence electrons. The van der Waals surface area contributed by atoms with Gasteiger partial charge in [0, 0.05) is 17.9 Å². The average molecular weight is 283 g/mol. The summed E-state index contributed by atoms with van der Waals surface area (Å²) >= 11 is 0. The molecule has 2 rings (SSSR count). The molecule has 21 heavy (non-hydrogen) atoms. The molecule has 0 fully saturated rings. The minimum atomic E-state index is -0.0548. The van der Waals surface area contributed by atoms with E-state index in [1.807, 2.05) is 62.6 Å². The molecule has 0 bridgehead atoms. The van der Waals surface area contributed by atoms with Crippen LogP contribution in [0, 0.1) is 0 Å². The number of hydrogen-bond donors (Lipinski definition) is 2. The minimum Gasteiger partial charge on any atom is -0.376 e. The van der Waals surface area contributed by atoms with E-state index in [9.17, 15) is 4.79 Å². The maximum Gasteiger partial charge on any atom is 0.243 e. The molecule has 0 aromatic heterocycles. The first-order valence-electron chi connectivity index (χ1n) is 6.96. The second-order valence-corrected chi connectivity index (χ2v) is 5.21. The monoisotopic (exact) mass is 283 g/mol. The van der Waals surface area contributed by atoms with E-state index in [0.717, 1.165) is 17.9 Å². The van der Waals surface area contributed by atoms with Crippen LogP contribution in [0.5, 0.6) is 0 Å². The van der Waals surface area contributed by atoms with E-state index in [-0.39, 0.29) is 12.5 Å². The van der Waals surface area contributed by atoms with E-state index in [4.69, 9.17) is 0 Å². The predicted octanol–water partition coefficient (Wildman–Crippen LogP) is 2.80. The lowest BCUT2D eigenvalue weighted by atomic mass is 10.2. The van der Waals surface area contributed by atoms with Gasteiger partial charge in [0.2, 0.25) is 5.91 Å². The predicted molar refractivity (Wildman–Crippen MR) is 87.4 cm³/mol. The first-order chi connectivity index (χ1) is 10.1. The number of amides is 1. The maximum absolute atomic E-state index is 11.9. The van der Waals surface area contributed by atoms with Crippen LogP contribution in [0.1, 0.15) is 5.56 Å². The quantitative estimate of drug-likeness (QED) is 0.857. The van der Waals surface area contributed by atoms with Crippen molar-refractivity contribution in [2.75, 3.05) is 31.3 Å². The standard InChI is InChI=1S/C17H21N3O/c1-20(2)13-14-7-6-10-16(11-14)19-17(21)12-18-15-8-4-3-5-9-15/h3-11,18H,12-13H2,1-2H3,(H,19,21). The largest absolute Gasteiger partial charge is 0.376 e. The third-order valence-corrected chi connectivity index (χ3v) is 2.94. The summed E-state index contributed by atoms with van der Waals surface area (Å²) in [4.78, 5) is 14.0. The second kappa shape index (κ2) is 7.45. The number of nitrogens with zero attached hydrogens (tertiary/aromatic N) is 1. The van der Waals surface area contributed by atoms with Gasteiger partial charge in [-0.25, -0.2) is 0 Å². The zero-order valence-electron chi connectivity index (χ0n) is 12.5. The normalized spacial score (nSPS) is 10.4.